The first-order valence-electron chi connectivity index (χ1n) is 11.0. The van der Waals surface area contributed by atoms with Crippen molar-refractivity contribution < 1.29 is 4.74 Å². The Morgan fingerprint density at radius 1 is 1.03 bits per heavy atom. The predicted molar refractivity (Wildman–Crippen MR) is 115 cm³/mol. The van der Waals surface area contributed by atoms with Gasteiger partial charge in [0.1, 0.15) is 0 Å². The molecule has 2 saturated heterocycles. The Balaban J connectivity index is 1.34. The molecule has 3 atom stereocenters. The molecule has 0 amide bonds. The number of aromatic nitrogens is 2. The molecule has 2 aromatic heterocycles. The van der Waals surface area contributed by atoms with Crippen molar-refractivity contribution >= 4 is 0 Å². The average molecular weight is 411 g/mol. The van der Waals surface area contributed by atoms with Crippen molar-refractivity contribution in [2.24, 2.45) is 5.92 Å². The number of H-pyrrole nitrogens is 1. The van der Waals surface area contributed by atoms with Gasteiger partial charge in [0.15, 0.2) is 0 Å². The van der Waals surface area contributed by atoms with E-state index in [9.17, 15) is 9.59 Å². The fourth-order valence-corrected chi connectivity index (χ4v) is 5.44. The number of aromatic amines is 1. The lowest BCUT2D eigenvalue weighted by Gasteiger charge is -2.43. The largest absolute Gasteiger partial charge is 0.376 e. The zero-order valence-electron chi connectivity index (χ0n) is 17.5. The molecule has 0 radical (unpaired) electrons. The normalized spacial score (nSPS) is 27.0. The highest BCUT2D eigenvalue weighted by Crippen LogP contribution is 2.35. The summed E-state index contributed by atoms with van der Waals surface area (Å²) in [4.78, 5) is 32.8. The number of piperidine rings is 1. The Hall–Kier alpha value is -2.22. The number of nitrogens with one attached hydrogen (secondary N) is 1. The lowest BCUT2D eigenvalue weighted by molar-refractivity contribution is -0.0214. The lowest BCUT2D eigenvalue weighted by Crippen LogP contribution is -2.48. The van der Waals surface area contributed by atoms with Gasteiger partial charge in [-0.15, -0.1) is 0 Å². The topological polar surface area (TPSA) is 70.6 Å². The number of rotatable bonds is 4. The highest BCUT2D eigenvalue weighted by atomic mass is 16.5. The molecule has 3 aliphatic heterocycles. The van der Waals surface area contributed by atoms with Crippen LogP contribution in [0.3, 0.4) is 0 Å². The van der Waals surface area contributed by atoms with Crippen LogP contribution in [0.4, 0.5) is 0 Å². The zero-order valence-corrected chi connectivity index (χ0v) is 17.5. The van der Waals surface area contributed by atoms with Crippen LogP contribution in [-0.2, 0) is 24.4 Å². The first-order valence-corrected chi connectivity index (χ1v) is 11.0. The van der Waals surface area contributed by atoms with E-state index in [1.165, 1.54) is 0 Å². The number of ether oxygens (including phenoxy) is 1. The minimum Gasteiger partial charge on any atom is -0.376 e. The maximum atomic E-state index is 13.3. The van der Waals surface area contributed by atoms with Crippen molar-refractivity contribution in [2.75, 3.05) is 32.8 Å². The van der Waals surface area contributed by atoms with Gasteiger partial charge in [0.2, 0.25) is 0 Å². The third-order valence-corrected chi connectivity index (χ3v) is 6.77. The van der Waals surface area contributed by atoms with Gasteiger partial charge in [0.05, 0.1) is 12.7 Å². The van der Waals surface area contributed by atoms with E-state index >= 15 is 0 Å². The highest BCUT2D eigenvalue weighted by molar-refractivity contribution is 5.23. The molecule has 30 heavy (non-hydrogen) atoms. The molecule has 0 saturated carbocycles. The molecule has 7 nitrogen and oxygen atoms in total. The molecule has 1 N–H and O–H groups in total. The van der Waals surface area contributed by atoms with Gasteiger partial charge in [-0.1, -0.05) is 12.1 Å². The van der Waals surface area contributed by atoms with E-state index in [0.29, 0.717) is 24.9 Å². The second-order valence-electron chi connectivity index (χ2n) is 9.13. The fourth-order valence-electron chi connectivity index (χ4n) is 5.44. The third-order valence-electron chi connectivity index (χ3n) is 6.77. The number of likely N-dealkylation sites (tertiary alicyclic amines) is 1. The highest BCUT2D eigenvalue weighted by Gasteiger charge is 2.35. The second kappa shape index (κ2) is 8.13. The zero-order chi connectivity index (χ0) is 20.7. The van der Waals surface area contributed by atoms with Crippen molar-refractivity contribution in [3.63, 3.8) is 0 Å². The van der Waals surface area contributed by atoms with Crippen molar-refractivity contribution in [1.29, 1.82) is 0 Å². The molecule has 0 unspecified atom stereocenters. The number of hydrogen-bond donors (Lipinski definition) is 1. The molecule has 2 fully saturated rings. The van der Waals surface area contributed by atoms with Crippen LogP contribution in [0.5, 0.6) is 0 Å². The van der Waals surface area contributed by atoms with Crippen molar-refractivity contribution in [3.8, 4) is 0 Å². The monoisotopic (exact) mass is 410 g/mol. The molecule has 0 aromatic carbocycles. The Morgan fingerprint density at radius 3 is 2.73 bits per heavy atom. The summed E-state index contributed by atoms with van der Waals surface area (Å²) in [6, 6.07) is 7.99. The Kier molecular flexibility index (Phi) is 5.35. The first-order chi connectivity index (χ1) is 14.6. The maximum absolute atomic E-state index is 13.3. The Morgan fingerprint density at radius 2 is 1.90 bits per heavy atom. The van der Waals surface area contributed by atoms with Crippen LogP contribution in [-0.4, -0.2) is 58.2 Å². The summed E-state index contributed by atoms with van der Waals surface area (Å²) in [6.45, 7) is 8.54. The van der Waals surface area contributed by atoms with Gasteiger partial charge in [-0.05, 0) is 31.4 Å². The Bertz CT molecular complexity index is 1030. The van der Waals surface area contributed by atoms with Gasteiger partial charge >= 0.3 is 0 Å². The molecule has 5 heterocycles. The summed E-state index contributed by atoms with van der Waals surface area (Å²) in [5, 5.41) is 0. The molecule has 0 aliphatic carbocycles. The third kappa shape index (κ3) is 3.89. The van der Waals surface area contributed by atoms with Crippen LogP contribution >= 0.6 is 0 Å². The van der Waals surface area contributed by atoms with E-state index < -0.39 is 0 Å². The van der Waals surface area contributed by atoms with E-state index in [1.807, 2.05) is 22.8 Å². The summed E-state index contributed by atoms with van der Waals surface area (Å²) in [5.74, 6) is 0.806. The molecular formula is C23H30N4O3. The van der Waals surface area contributed by atoms with Crippen LogP contribution in [0.2, 0.25) is 0 Å². The van der Waals surface area contributed by atoms with E-state index in [1.54, 1.807) is 6.20 Å². The molecule has 0 spiro atoms. The van der Waals surface area contributed by atoms with Crippen molar-refractivity contribution in [1.82, 2.24) is 19.4 Å². The van der Waals surface area contributed by atoms with Crippen LogP contribution < -0.4 is 11.1 Å². The van der Waals surface area contributed by atoms with Crippen molar-refractivity contribution in [3.05, 3.63) is 68.0 Å². The van der Waals surface area contributed by atoms with Crippen LogP contribution in [0.1, 0.15) is 36.1 Å². The van der Waals surface area contributed by atoms with E-state index in [2.05, 4.69) is 27.8 Å². The van der Waals surface area contributed by atoms with Crippen molar-refractivity contribution in [2.45, 2.75) is 45.0 Å². The predicted octanol–water partition coefficient (Wildman–Crippen LogP) is 1.38. The van der Waals surface area contributed by atoms with E-state index in [0.717, 1.165) is 62.6 Å². The second-order valence-corrected chi connectivity index (χ2v) is 9.13. The SMILES string of the molecule is C[C@H]1CN(Cc2ccc3n(c2=O)C[C@H]2C[C@@H]3CN(Cc3ccc[nH]c3=O)C2)CCO1. The summed E-state index contributed by atoms with van der Waals surface area (Å²) >= 11 is 0. The molecule has 3 aliphatic rings. The average Bonchev–Trinajstić information content (AvgIpc) is 2.72. The van der Waals surface area contributed by atoms with Gasteiger partial charge in [0.25, 0.3) is 11.1 Å². The molecule has 2 bridgehead atoms. The number of nitrogens with zero attached hydrogens (tertiary/aromatic N) is 3. The molecule has 7 heteroatoms. The molecular weight excluding hydrogens is 380 g/mol. The quantitative estimate of drug-likeness (QED) is 0.825. The van der Waals surface area contributed by atoms with Gasteiger partial charge in [0, 0.05) is 74.7 Å². The summed E-state index contributed by atoms with van der Waals surface area (Å²) in [7, 11) is 0. The maximum Gasteiger partial charge on any atom is 0.255 e. The number of morpholine rings is 1. The minimum atomic E-state index is -0.00748. The lowest BCUT2D eigenvalue weighted by atomic mass is 9.83. The fraction of sp³-hybridized carbons (Fsp3) is 0.565. The van der Waals surface area contributed by atoms with Gasteiger partial charge in [-0.2, -0.15) is 0 Å². The molecule has 160 valence electrons. The molecule has 5 rings (SSSR count). The summed E-state index contributed by atoms with van der Waals surface area (Å²) < 4.78 is 7.66. The van der Waals surface area contributed by atoms with Crippen LogP contribution in [0, 0.1) is 5.92 Å². The standard InChI is InChI=1S/C23H30N4O3/c1-16-10-25(7-8-30-16)14-19-4-5-21-20-9-17(12-27(21)23(19)29)11-26(15-20)13-18-3-2-6-24-22(18)28/h2-6,16-17,20H,7-15H2,1H3,(H,24,28)/t16-,17-,20+/m0/s1. The number of fused-ring (bicyclic) bond motifs is 4. The Labute approximate surface area is 176 Å². The summed E-state index contributed by atoms with van der Waals surface area (Å²) in [6.07, 6.45) is 3.03. The number of pyridine rings is 2. The smallest absolute Gasteiger partial charge is 0.255 e. The van der Waals surface area contributed by atoms with Crippen LogP contribution in [0.15, 0.2) is 40.1 Å². The van der Waals surface area contributed by atoms with E-state index in [4.69, 9.17) is 4.74 Å². The number of hydrogen-bond acceptors (Lipinski definition) is 5. The van der Waals surface area contributed by atoms with Crippen LogP contribution in [0.25, 0.3) is 0 Å². The first kappa shape index (κ1) is 19.7. The summed E-state index contributed by atoms with van der Waals surface area (Å²) in [5.41, 5.74) is 3.02. The van der Waals surface area contributed by atoms with Gasteiger partial charge < -0.3 is 14.3 Å². The molecule has 2 aromatic rings. The van der Waals surface area contributed by atoms with Gasteiger partial charge in [-0.3, -0.25) is 19.4 Å². The van der Waals surface area contributed by atoms with E-state index in [-0.39, 0.29) is 17.2 Å². The van der Waals surface area contributed by atoms with Gasteiger partial charge in [-0.25, -0.2) is 0 Å². The minimum absolute atomic E-state index is 0.00748.